The lowest BCUT2D eigenvalue weighted by atomic mass is 10.0. The molecule has 0 atom stereocenters. The van der Waals surface area contributed by atoms with E-state index in [1.54, 1.807) is 53.7 Å². The third-order valence-corrected chi connectivity index (χ3v) is 6.68. The first-order chi connectivity index (χ1) is 16.3. The zero-order valence-electron chi connectivity index (χ0n) is 18.3. The Labute approximate surface area is 196 Å². The van der Waals surface area contributed by atoms with E-state index in [1.165, 1.54) is 6.33 Å². The fourth-order valence-corrected chi connectivity index (χ4v) is 4.38. The third kappa shape index (κ3) is 4.18. The van der Waals surface area contributed by atoms with Gasteiger partial charge in [0.05, 0.1) is 5.39 Å². The van der Waals surface area contributed by atoms with Gasteiger partial charge in [-0.3, -0.25) is 0 Å². The second-order valence-corrected chi connectivity index (χ2v) is 10.3. The molecule has 0 unspecified atom stereocenters. The minimum Gasteiger partial charge on any atom is -0.373 e. The number of halogens is 5. The van der Waals surface area contributed by atoms with Crippen LogP contribution >= 0.6 is 10.2 Å². The second kappa shape index (κ2) is 7.01. The van der Waals surface area contributed by atoms with Gasteiger partial charge >= 0.3 is 10.2 Å². The zero-order chi connectivity index (χ0) is 25.1. The van der Waals surface area contributed by atoms with Crippen molar-refractivity contribution in [1.29, 1.82) is 0 Å². The van der Waals surface area contributed by atoms with Gasteiger partial charge in [0.25, 0.3) is 5.78 Å². The van der Waals surface area contributed by atoms with Crippen LogP contribution in [0.25, 0.3) is 27.9 Å². The molecule has 0 aliphatic rings. The monoisotopic (exact) mass is 507 g/mol. The van der Waals surface area contributed by atoms with Crippen LogP contribution < -0.4 is 10.2 Å². The molecule has 0 fully saturated rings. The Balaban J connectivity index is 1.57. The lowest BCUT2D eigenvalue weighted by molar-refractivity contribution is 0.364. The molecular formula is C22H18F5N7S. The van der Waals surface area contributed by atoms with Crippen LogP contribution in [0.15, 0.2) is 71.9 Å². The van der Waals surface area contributed by atoms with E-state index in [9.17, 15) is 19.4 Å². The van der Waals surface area contributed by atoms with Crippen LogP contribution in [-0.2, 0) is 0 Å². The lowest BCUT2D eigenvalue weighted by Gasteiger charge is -2.40. The smallest absolute Gasteiger partial charge is 0.310 e. The van der Waals surface area contributed by atoms with Crippen LogP contribution in [0.1, 0.15) is 0 Å². The topological polar surface area (TPSA) is 71.2 Å². The lowest BCUT2D eigenvalue weighted by Crippen LogP contribution is -2.13. The van der Waals surface area contributed by atoms with Crippen molar-refractivity contribution in [3.05, 3.63) is 67.0 Å². The van der Waals surface area contributed by atoms with Crippen LogP contribution in [0.2, 0.25) is 0 Å². The molecule has 0 aliphatic carbocycles. The van der Waals surface area contributed by atoms with E-state index in [0.717, 1.165) is 12.1 Å². The molecular weight excluding hydrogens is 489 g/mol. The maximum Gasteiger partial charge on any atom is 0.310 e. The summed E-state index contributed by atoms with van der Waals surface area (Å²) in [6.07, 6.45) is 1.51. The van der Waals surface area contributed by atoms with Crippen molar-refractivity contribution in [3.8, 4) is 11.1 Å². The molecule has 0 saturated carbocycles. The molecule has 1 N–H and O–H groups in total. The first-order valence-corrected chi connectivity index (χ1v) is 12.2. The predicted octanol–water partition coefficient (Wildman–Crippen LogP) is 6.81. The highest BCUT2D eigenvalue weighted by Gasteiger charge is 2.65. The average molecular weight is 507 g/mol. The zero-order valence-corrected chi connectivity index (χ0v) is 19.1. The molecule has 13 heteroatoms. The normalized spacial score (nSPS) is 14.0. The highest BCUT2D eigenvalue weighted by atomic mass is 32.5. The van der Waals surface area contributed by atoms with Crippen molar-refractivity contribution in [2.45, 2.75) is 4.90 Å². The number of hydrogen-bond acceptors (Lipinski definition) is 6. The highest BCUT2D eigenvalue weighted by Crippen LogP contribution is 3.02. The molecule has 0 aliphatic heterocycles. The number of nitrogens with zero attached hydrogens (tertiary/aromatic N) is 6. The maximum atomic E-state index is 13.1. The highest BCUT2D eigenvalue weighted by molar-refractivity contribution is 8.45. The first-order valence-electron chi connectivity index (χ1n) is 10.2. The van der Waals surface area contributed by atoms with E-state index < -0.39 is 15.1 Å². The number of nitrogens with one attached hydrogen (secondary N) is 1. The molecule has 182 valence electrons. The standard InChI is InChI=1S/C22H18F5N7S/c1-28-19-11-10-18-20(31-22-32-29-13-34(22)21(18)30-19)33(2)16-5-3-4-15(12-16)14-6-8-17(9-7-14)35(23,24,25,26)27/h3-13H,1-2H3,(H,28,30). The van der Waals surface area contributed by atoms with Crippen molar-refractivity contribution >= 4 is 44.4 Å². The van der Waals surface area contributed by atoms with Gasteiger partial charge in [-0.25, -0.2) is 9.38 Å². The predicted molar refractivity (Wildman–Crippen MR) is 127 cm³/mol. The Hall–Kier alpha value is -4.00. The second-order valence-electron chi connectivity index (χ2n) is 7.86. The Bertz CT molecular complexity index is 1590. The van der Waals surface area contributed by atoms with E-state index in [2.05, 4.69) is 25.5 Å². The third-order valence-electron chi connectivity index (χ3n) is 5.52. The van der Waals surface area contributed by atoms with Gasteiger partial charge in [-0.05, 0) is 47.5 Å². The van der Waals surface area contributed by atoms with Gasteiger partial charge in [0, 0.05) is 19.8 Å². The number of anilines is 3. The Morgan fingerprint density at radius 3 is 2.31 bits per heavy atom. The first kappa shape index (κ1) is 22.8. The molecule has 0 bridgehead atoms. The summed E-state index contributed by atoms with van der Waals surface area (Å²) < 4.78 is 67.0. The summed E-state index contributed by atoms with van der Waals surface area (Å²) >= 11 is 0. The molecule has 0 amide bonds. The number of benzene rings is 2. The summed E-state index contributed by atoms with van der Waals surface area (Å²) in [6, 6.07) is 13.5. The summed E-state index contributed by atoms with van der Waals surface area (Å²) in [5.41, 5.74) is 2.15. The molecule has 5 rings (SSSR count). The van der Waals surface area contributed by atoms with E-state index in [-0.39, 0.29) is 0 Å². The maximum absolute atomic E-state index is 13.1. The van der Waals surface area contributed by atoms with Crippen molar-refractivity contribution < 1.29 is 19.4 Å². The van der Waals surface area contributed by atoms with Crippen LogP contribution in [-0.4, -0.2) is 38.7 Å². The number of pyridine rings is 1. The molecule has 2 aromatic carbocycles. The van der Waals surface area contributed by atoms with Crippen LogP contribution in [0.4, 0.5) is 36.8 Å². The van der Waals surface area contributed by atoms with Crippen molar-refractivity contribution in [1.82, 2.24) is 24.6 Å². The van der Waals surface area contributed by atoms with Crippen molar-refractivity contribution in [2.75, 3.05) is 24.3 Å². The Morgan fingerprint density at radius 2 is 1.63 bits per heavy atom. The van der Waals surface area contributed by atoms with E-state index in [4.69, 9.17) is 0 Å². The van der Waals surface area contributed by atoms with Gasteiger partial charge in [-0.1, -0.05) is 43.7 Å². The van der Waals surface area contributed by atoms with Gasteiger partial charge in [0.15, 0.2) is 5.65 Å². The number of fused-ring (bicyclic) bond motifs is 3. The van der Waals surface area contributed by atoms with E-state index >= 15 is 0 Å². The van der Waals surface area contributed by atoms with Crippen LogP contribution in [0.3, 0.4) is 0 Å². The summed E-state index contributed by atoms with van der Waals surface area (Å²) in [4.78, 5) is 9.05. The van der Waals surface area contributed by atoms with Crippen molar-refractivity contribution in [3.63, 3.8) is 0 Å². The fraction of sp³-hybridized carbons (Fsp3) is 0.0909. The van der Waals surface area contributed by atoms with Crippen molar-refractivity contribution in [2.24, 2.45) is 0 Å². The minimum absolute atomic E-state index is 0.336. The quantitative estimate of drug-likeness (QED) is 0.264. The molecule has 0 saturated heterocycles. The van der Waals surface area contributed by atoms with E-state index in [0.29, 0.717) is 57.4 Å². The molecule has 0 radical (unpaired) electrons. The summed E-state index contributed by atoms with van der Waals surface area (Å²) in [5.74, 6) is 1.51. The molecule has 0 spiro atoms. The molecule has 7 nitrogen and oxygen atoms in total. The van der Waals surface area contributed by atoms with E-state index in [1.807, 2.05) is 6.07 Å². The number of aromatic nitrogens is 5. The van der Waals surface area contributed by atoms with Gasteiger partial charge in [-0.15, -0.1) is 10.2 Å². The summed E-state index contributed by atoms with van der Waals surface area (Å²) in [5, 5.41) is 11.6. The average Bonchev–Trinajstić information content (AvgIpc) is 3.30. The van der Waals surface area contributed by atoms with Gasteiger partial charge in [-0.2, -0.15) is 4.98 Å². The van der Waals surface area contributed by atoms with Crippen LogP contribution in [0.5, 0.6) is 0 Å². The molecule has 5 aromatic rings. The number of rotatable bonds is 5. The van der Waals surface area contributed by atoms with Crippen LogP contribution in [0, 0.1) is 0 Å². The molecule has 3 heterocycles. The van der Waals surface area contributed by atoms with Gasteiger partial charge in [0.1, 0.15) is 22.9 Å². The van der Waals surface area contributed by atoms with Gasteiger partial charge in [0.2, 0.25) is 0 Å². The summed E-state index contributed by atoms with van der Waals surface area (Å²) in [7, 11) is -6.21. The largest absolute Gasteiger partial charge is 0.373 e. The molecule has 35 heavy (non-hydrogen) atoms. The Kier molecular flexibility index (Phi) is 4.56. The number of hydrogen-bond donors (Lipinski definition) is 1. The van der Waals surface area contributed by atoms with Gasteiger partial charge < -0.3 is 10.2 Å². The minimum atomic E-state index is -9.73. The summed E-state index contributed by atoms with van der Waals surface area (Å²) in [6.45, 7) is 0. The fourth-order valence-electron chi connectivity index (χ4n) is 3.73. The Morgan fingerprint density at radius 1 is 0.886 bits per heavy atom. The molecule has 3 aromatic heterocycles. The SMILES string of the molecule is CNc1ccc2c(N(C)c3cccc(-c4ccc(S(F)(F)(F)(F)F)cc4)c3)nc3nncn3c2n1.